The predicted molar refractivity (Wildman–Crippen MR) is 128 cm³/mol. The molecule has 0 radical (unpaired) electrons. The molecule has 4 rings (SSSR count). The van der Waals surface area contributed by atoms with E-state index in [0.29, 0.717) is 43.5 Å². The molecular weight excluding hydrogens is 456 g/mol. The largest absolute Gasteiger partial charge is 0.481 e. The molecule has 1 atom stereocenters. The molecule has 0 saturated carbocycles. The van der Waals surface area contributed by atoms with Crippen LogP contribution in [0, 0.1) is 0 Å². The molecule has 1 N–H and O–H groups in total. The number of ether oxygens (including phenoxy) is 3. The van der Waals surface area contributed by atoms with E-state index < -0.39 is 16.1 Å². The lowest BCUT2D eigenvalue weighted by molar-refractivity contribution is -0.122. The summed E-state index contributed by atoms with van der Waals surface area (Å²) in [4.78, 5) is 12.7. The minimum Gasteiger partial charge on any atom is -0.481 e. The van der Waals surface area contributed by atoms with Crippen molar-refractivity contribution >= 4 is 21.6 Å². The molecule has 0 aliphatic carbocycles. The summed E-state index contributed by atoms with van der Waals surface area (Å²) in [6, 6.07) is 22.5. The average molecular weight is 483 g/mol. The van der Waals surface area contributed by atoms with Crippen LogP contribution in [-0.4, -0.2) is 51.0 Å². The first-order chi connectivity index (χ1) is 16.4. The van der Waals surface area contributed by atoms with Gasteiger partial charge in [0, 0.05) is 18.8 Å². The third-order valence-electron chi connectivity index (χ3n) is 5.21. The summed E-state index contributed by atoms with van der Waals surface area (Å²) >= 11 is 0. The summed E-state index contributed by atoms with van der Waals surface area (Å²) in [5, 5.41) is 2.75. The Hall–Kier alpha value is -3.40. The Balaban J connectivity index is 1.31. The summed E-state index contributed by atoms with van der Waals surface area (Å²) < 4.78 is 43.5. The molecule has 0 spiro atoms. The van der Waals surface area contributed by atoms with E-state index in [1.807, 2.05) is 30.3 Å². The lowest BCUT2D eigenvalue weighted by atomic mass is 10.3. The zero-order valence-electron chi connectivity index (χ0n) is 18.7. The molecule has 0 aromatic heterocycles. The summed E-state index contributed by atoms with van der Waals surface area (Å²) in [7, 11) is -3.58. The third kappa shape index (κ3) is 5.93. The number of nitrogens with zero attached hydrogens (tertiary/aromatic N) is 1. The standard InChI is InChI=1S/C25H26N2O6S/c1-19(32-22-9-11-23(12-10-22)33-21-5-3-2-4-6-21)25(28)26-20-7-13-24(14-8-20)34(29,30)27-15-17-31-18-16-27/h2-14,19H,15-18H2,1H3,(H,26,28). The molecular formula is C25H26N2O6S. The first kappa shape index (κ1) is 23.7. The van der Waals surface area contributed by atoms with Crippen LogP contribution in [0.25, 0.3) is 0 Å². The van der Waals surface area contributed by atoms with E-state index >= 15 is 0 Å². The molecule has 1 fully saturated rings. The molecule has 0 bridgehead atoms. The van der Waals surface area contributed by atoms with Crippen LogP contribution in [0.3, 0.4) is 0 Å². The summed E-state index contributed by atoms with van der Waals surface area (Å²) in [5.41, 5.74) is 0.480. The molecule has 9 heteroatoms. The topological polar surface area (TPSA) is 94.2 Å². The highest BCUT2D eigenvalue weighted by atomic mass is 32.2. The van der Waals surface area contributed by atoms with Crippen LogP contribution in [-0.2, 0) is 19.6 Å². The lowest BCUT2D eigenvalue weighted by Gasteiger charge is -2.26. The van der Waals surface area contributed by atoms with Crippen LogP contribution in [0.2, 0.25) is 0 Å². The number of rotatable bonds is 8. The molecule has 3 aromatic rings. The Morgan fingerprint density at radius 3 is 2.12 bits per heavy atom. The number of para-hydroxylation sites is 1. The zero-order valence-corrected chi connectivity index (χ0v) is 19.5. The van der Waals surface area contributed by atoms with E-state index in [4.69, 9.17) is 14.2 Å². The van der Waals surface area contributed by atoms with Gasteiger partial charge in [0.2, 0.25) is 10.0 Å². The van der Waals surface area contributed by atoms with Gasteiger partial charge in [-0.05, 0) is 67.6 Å². The first-order valence-electron chi connectivity index (χ1n) is 10.9. The highest BCUT2D eigenvalue weighted by Gasteiger charge is 2.26. The summed E-state index contributed by atoms with van der Waals surface area (Å²) in [6.07, 6.45) is -0.766. The van der Waals surface area contributed by atoms with Crippen LogP contribution < -0.4 is 14.8 Å². The van der Waals surface area contributed by atoms with Gasteiger partial charge in [-0.1, -0.05) is 18.2 Å². The van der Waals surface area contributed by atoms with Gasteiger partial charge in [-0.25, -0.2) is 8.42 Å². The fourth-order valence-corrected chi connectivity index (χ4v) is 4.77. The number of anilines is 1. The average Bonchev–Trinajstić information content (AvgIpc) is 2.87. The van der Waals surface area contributed by atoms with E-state index in [1.165, 1.54) is 16.4 Å². The Labute approximate surface area is 199 Å². The van der Waals surface area contributed by atoms with Crippen molar-refractivity contribution in [3.63, 3.8) is 0 Å². The molecule has 34 heavy (non-hydrogen) atoms. The molecule has 1 amide bonds. The maximum absolute atomic E-state index is 12.7. The minimum absolute atomic E-state index is 0.175. The van der Waals surface area contributed by atoms with E-state index in [9.17, 15) is 13.2 Å². The molecule has 1 saturated heterocycles. The number of carbonyl (C=O) groups excluding carboxylic acids is 1. The minimum atomic E-state index is -3.58. The van der Waals surface area contributed by atoms with Gasteiger partial charge in [-0.2, -0.15) is 4.31 Å². The van der Waals surface area contributed by atoms with Gasteiger partial charge in [0.1, 0.15) is 17.2 Å². The van der Waals surface area contributed by atoms with Gasteiger partial charge in [0.15, 0.2) is 6.10 Å². The maximum Gasteiger partial charge on any atom is 0.265 e. The smallest absolute Gasteiger partial charge is 0.265 e. The fourth-order valence-electron chi connectivity index (χ4n) is 3.36. The van der Waals surface area contributed by atoms with Gasteiger partial charge in [-0.3, -0.25) is 4.79 Å². The van der Waals surface area contributed by atoms with Crippen molar-refractivity contribution in [2.75, 3.05) is 31.6 Å². The van der Waals surface area contributed by atoms with Crippen molar-refractivity contribution < 1.29 is 27.4 Å². The number of morpholine rings is 1. The van der Waals surface area contributed by atoms with E-state index in [2.05, 4.69) is 5.32 Å². The van der Waals surface area contributed by atoms with E-state index in [0.717, 1.165) is 5.75 Å². The van der Waals surface area contributed by atoms with Crippen LogP contribution in [0.5, 0.6) is 17.2 Å². The number of carbonyl (C=O) groups is 1. The van der Waals surface area contributed by atoms with Crippen LogP contribution in [0.1, 0.15) is 6.92 Å². The second-order valence-corrected chi connectivity index (χ2v) is 9.61. The van der Waals surface area contributed by atoms with Crippen LogP contribution >= 0.6 is 0 Å². The van der Waals surface area contributed by atoms with Crippen molar-refractivity contribution in [1.29, 1.82) is 0 Å². The predicted octanol–water partition coefficient (Wildman–Crippen LogP) is 3.91. The number of amides is 1. The first-order valence-corrected chi connectivity index (χ1v) is 12.3. The SMILES string of the molecule is CC(Oc1ccc(Oc2ccccc2)cc1)C(=O)Nc1ccc(S(=O)(=O)N2CCOCC2)cc1. The number of hydrogen-bond acceptors (Lipinski definition) is 6. The third-order valence-corrected chi connectivity index (χ3v) is 7.13. The van der Waals surface area contributed by atoms with Gasteiger partial charge in [-0.15, -0.1) is 0 Å². The highest BCUT2D eigenvalue weighted by molar-refractivity contribution is 7.89. The Morgan fingerprint density at radius 1 is 0.882 bits per heavy atom. The van der Waals surface area contributed by atoms with Gasteiger partial charge in [0.25, 0.3) is 5.91 Å². The second kappa shape index (κ2) is 10.7. The van der Waals surface area contributed by atoms with E-state index in [1.54, 1.807) is 43.3 Å². The Kier molecular flexibility index (Phi) is 7.46. The number of benzene rings is 3. The number of nitrogens with one attached hydrogen (secondary N) is 1. The molecule has 1 aliphatic heterocycles. The lowest BCUT2D eigenvalue weighted by Crippen LogP contribution is -2.40. The monoisotopic (exact) mass is 482 g/mol. The Bertz CT molecular complexity index is 1190. The molecule has 1 aliphatic rings. The van der Waals surface area contributed by atoms with Crippen molar-refractivity contribution in [2.24, 2.45) is 0 Å². The van der Waals surface area contributed by atoms with Crippen molar-refractivity contribution in [3.8, 4) is 17.2 Å². The molecule has 178 valence electrons. The summed E-state index contributed by atoms with van der Waals surface area (Å²) in [5.74, 6) is 1.55. The van der Waals surface area contributed by atoms with Crippen LogP contribution in [0.15, 0.2) is 83.8 Å². The highest BCUT2D eigenvalue weighted by Crippen LogP contribution is 2.24. The zero-order chi connectivity index (χ0) is 24.0. The van der Waals surface area contributed by atoms with Crippen molar-refractivity contribution in [2.45, 2.75) is 17.9 Å². The quantitative estimate of drug-likeness (QED) is 0.523. The van der Waals surface area contributed by atoms with Crippen molar-refractivity contribution in [3.05, 3.63) is 78.9 Å². The fraction of sp³-hybridized carbons (Fsp3) is 0.240. The molecule has 8 nitrogen and oxygen atoms in total. The van der Waals surface area contributed by atoms with Crippen molar-refractivity contribution in [1.82, 2.24) is 4.31 Å². The normalized spacial score (nSPS) is 15.3. The molecule has 3 aromatic carbocycles. The number of hydrogen-bond donors (Lipinski definition) is 1. The molecule has 1 heterocycles. The van der Waals surface area contributed by atoms with E-state index in [-0.39, 0.29) is 10.8 Å². The van der Waals surface area contributed by atoms with Gasteiger partial charge >= 0.3 is 0 Å². The molecule has 1 unspecified atom stereocenters. The summed E-state index contributed by atoms with van der Waals surface area (Å²) in [6.45, 7) is 3.06. The second-order valence-electron chi connectivity index (χ2n) is 7.68. The Morgan fingerprint density at radius 2 is 1.47 bits per heavy atom. The maximum atomic E-state index is 12.7. The number of sulfonamides is 1. The van der Waals surface area contributed by atoms with Gasteiger partial charge in [0.05, 0.1) is 18.1 Å². The van der Waals surface area contributed by atoms with Gasteiger partial charge < -0.3 is 19.5 Å². The van der Waals surface area contributed by atoms with Crippen LogP contribution in [0.4, 0.5) is 5.69 Å².